The Morgan fingerprint density at radius 3 is 2.57 bits per heavy atom. The molecule has 0 radical (unpaired) electrons. The summed E-state index contributed by atoms with van der Waals surface area (Å²) in [7, 11) is 0. The Bertz CT molecular complexity index is 389. The van der Waals surface area contributed by atoms with Gasteiger partial charge in [-0.2, -0.15) is 0 Å². The van der Waals surface area contributed by atoms with E-state index in [1.807, 2.05) is 0 Å². The van der Waals surface area contributed by atoms with Crippen LogP contribution in [0.2, 0.25) is 10.0 Å². The summed E-state index contributed by atoms with van der Waals surface area (Å²) in [4.78, 5) is 20.8. The van der Waals surface area contributed by atoms with Crippen LogP contribution in [0, 0.1) is 0 Å². The Morgan fingerprint density at radius 1 is 1.43 bits per heavy atom. The number of carbonyl (C=O) groups excluding carboxylic acids is 1. The van der Waals surface area contributed by atoms with Crippen LogP contribution >= 0.6 is 23.2 Å². The quantitative estimate of drug-likeness (QED) is 0.815. The van der Waals surface area contributed by atoms with E-state index < -0.39 is 5.97 Å². The van der Waals surface area contributed by atoms with Crippen LogP contribution in [0.5, 0.6) is 5.75 Å². The molecule has 0 amide bonds. The molecule has 0 saturated heterocycles. The van der Waals surface area contributed by atoms with Gasteiger partial charge in [0.05, 0.1) is 5.02 Å². The van der Waals surface area contributed by atoms with Gasteiger partial charge in [0.25, 0.3) is 6.47 Å². The van der Waals surface area contributed by atoms with Crippen molar-refractivity contribution in [3.63, 3.8) is 0 Å². The average Bonchev–Trinajstić information content (AvgIpc) is 2.09. The largest absolute Gasteiger partial charge is 0.478 e. The van der Waals surface area contributed by atoms with Gasteiger partial charge in [-0.05, 0) is 12.1 Å². The van der Waals surface area contributed by atoms with Gasteiger partial charge < -0.3 is 9.84 Å². The summed E-state index contributed by atoms with van der Waals surface area (Å²) in [6, 6.07) is 2.43. The molecule has 0 aromatic heterocycles. The van der Waals surface area contributed by atoms with E-state index in [4.69, 9.17) is 28.3 Å². The van der Waals surface area contributed by atoms with Gasteiger partial charge >= 0.3 is 5.97 Å². The van der Waals surface area contributed by atoms with Crippen molar-refractivity contribution in [3.05, 3.63) is 27.7 Å². The minimum atomic E-state index is -1.27. The van der Waals surface area contributed by atoms with E-state index in [0.29, 0.717) is 0 Å². The van der Waals surface area contributed by atoms with Gasteiger partial charge in [0, 0.05) is 5.02 Å². The Kier molecular flexibility index (Phi) is 3.33. The van der Waals surface area contributed by atoms with Gasteiger partial charge in [-0.1, -0.05) is 23.2 Å². The van der Waals surface area contributed by atoms with Crippen molar-refractivity contribution in [2.24, 2.45) is 0 Å². The van der Waals surface area contributed by atoms with Gasteiger partial charge in [0.15, 0.2) is 5.75 Å². The minimum Gasteiger partial charge on any atom is -0.478 e. The molecular formula is C8H4Cl2O4. The number of ether oxygens (including phenoxy) is 1. The summed E-state index contributed by atoms with van der Waals surface area (Å²) < 4.78 is 4.43. The van der Waals surface area contributed by atoms with Crippen molar-refractivity contribution < 1.29 is 19.4 Å². The molecule has 0 unspecified atom stereocenters. The van der Waals surface area contributed by atoms with E-state index in [9.17, 15) is 9.59 Å². The number of hydrogen-bond acceptors (Lipinski definition) is 3. The highest BCUT2D eigenvalue weighted by Gasteiger charge is 2.16. The van der Waals surface area contributed by atoms with Crippen molar-refractivity contribution in [2.75, 3.05) is 0 Å². The van der Waals surface area contributed by atoms with E-state index in [0.717, 1.165) is 6.07 Å². The van der Waals surface area contributed by atoms with Crippen LogP contribution in [0.15, 0.2) is 12.1 Å². The molecule has 0 aliphatic rings. The number of benzene rings is 1. The zero-order valence-electron chi connectivity index (χ0n) is 6.66. The van der Waals surface area contributed by atoms with Crippen molar-refractivity contribution in [2.45, 2.75) is 0 Å². The SMILES string of the molecule is O=COc1c(Cl)cc(Cl)cc1C(=O)O. The molecule has 0 fully saturated rings. The summed E-state index contributed by atoms with van der Waals surface area (Å²) in [6.07, 6.45) is 0. The van der Waals surface area contributed by atoms with Crippen LogP contribution < -0.4 is 4.74 Å². The third kappa shape index (κ3) is 2.16. The first-order valence-corrected chi connectivity index (χ1v) is 4.14. The highest BCUT2D eigenvalue weighted by molar-refractivity contribution is 6.36. The van der Waals surface area contributed by atoms with Gasteiger partial charge in [0.1, 0.15) is 5.56 Å². The molecule has 0 atom stereocenters. The number of aromatic carboxylic acids is 1. The van der Waals surface area contributed by atoms with E-state index in [1.54, 1.807) is 0 Å². The molecule has 14 heavy (non-hydrogen) atoms. The maximum Gasteiger partial charge on any atom is 0.339 e. The van der Waals surface area contributed by atoms with Crippen LogP contribution in [0.3, 0.4) is 0 Å². The van der Waals surface area contributed by atoms with E-state index in [-0.39, 0.29) is 27.8 Å². The molecule has 0 spiro atoms. The van der Waals surface area contributed by atoms with Crippen LogP contribution in [-0.2, 0) is 4.79 Å². The van der Waals surface area contributed by atoms with Crippen LogP contribution in [0.25, 0.3) is 0 Å². The van der Waals surface area contributed by atoms with Crippen molar-refractivity contribution in [3.8, 4) is 5.75 Å². The van der Waals surface area contributed by atoms with Crippen molar-refractivity contribution in [1.29, 1.82) is 0 Å². The number of halogens is 2. The van der Waals surface area contributed by atoms with E-state index in [2.05, 4.69) is 4.74 Å². The number of hydrogen-bond donors (Lipinski definition) is 1. The maximum atomic E-state index is 10.7. The molecule has 0 bridgehead atoms. The normalized spacial score (nSPS) is 9.57. The summed E-state index contributed by atoms with van der Waals surface area (Å²) in [5.41, 5.74) is -0.255. The lowest BCUT2D eigenvalue weighted by atomic mass is 10.2. The molecule has 6 heteroatoms. The number of carboxylic acids is 1. The second-order valence-corrected chi connectivity index (χ2v) is 3.13. The number of carboxylic acid groups (broad SMARTS) is 1. The second kappa shape index (κ2) is 4.30. The zero-order valence-corrected chi connectivity index (χ0v) is 8.17. The van der Waals surface area contributed by atoms with Crippen LogP contribution in [0.1, 0.15) is 10.4 Å². The van der Waals surface area contributed by atoms with Gasteiger partial charge in [-0.15, -0.1) is 0 Å². The molecule has 0 aliphatic heterocycles. The minimum absolute atomic E-state index is 0.0259. The molecule has 1 aromatic rings. The van der Waals surface area contributed by atoms with Crippen LogP contribution in [0.4, 0.5) is 0 Å². The summed E-state index contributed by atoms with van der Waals surface area (Å²) in [6.45, 7) is 0.0988. The summed E-state index contributed by atoms with van der Waals surface area (Å²) in [5, 5.41) is 8.86. The van der Waals surface area contributed by atoms with Crippen LogP contribution in [-0.4, -0.2) is 17.5 Å². The van der Waals surface area contributed by atoms with Crippen molar-refractivity contribution in [1.82, 2.24) is 0 Å². The third-order valence-electron chi connectivity index (χ3n) is 1.40. The Hall–Kier alpha value is -1.26. The molecule has 0 heterocycles. The van der Waals surface area contributed by atoms with Gasteiger partial charge in [0.2, 0.25) is 0 Å². The van der Waals surface area contributed by atoms with Gasteiger partial charge in [-0.3, -0.25) is 4.79 Å². The highest BCUT2D eigenvalue weighted by Crippen LogP contribution is 2.31. The molecule has 0 aliphatic carbocycles. The fourth-order valence-electron chi connectivity index (χ4n) is 0.887. The smallest absolute Gasteiger partial charge is 0.339 e. The Morgan fingerprint density at radius 2 is 2.07 bits per heavy atom. The molecule has 1 N–H and O–H groups in total. The van der Waals surface area contributed by atoms with E-state index >= 15 is 0 Å². The predicted molar refractivity (Wildman–Crippen MR) is 50.1 cm³/mol. The standard InChI is InChI=1S/C8H4Cl2O4/c9-4-1-5(8(12)13)7(14-3-11)6(10)2-4/h1-3H,(H,12,13). The van der Waals surface area contributed by atoms with Crippen molar-refractivity contribution >= 4 is 35.6 Å². The molecule has 74 valence electrons. The summed E-state index contributed by atoms with van der Waals surface area (Å²) >= 11 is 11.2. The lowest BCUT2D eigenvalue weighted by molar-refractivity contribution is -0.120. The zero-order chi connectivity index (χ0) is 10.7. The maximum absolute atomic E-state index is 10.7. The predicted octanol–water partition coefficient (Wildman–Crippen LogP) is 2.23. The third-order valence-corrected chi connectivity index (χ3v) is 1.90. The average molecular weight is 235 g/mol. The number of rotatable bonds is 3. The molecular weight excluding hydrogens is 231 g/mol. The first-order chi connectivity index (χ1) is 6.56. The fraction of sp³-hybridized carbons (Fsp3) is 0. The molecule has 0 saturated carbocycles. The highest BCUT2D eigenvalue weighted by atomic mass is 35.5. The summed E-state index contributed by atoms with van der Waals surface area (Å²) in [5.74, 6) is -1.48. The number of carbonyl (C=O) groups is 2. The molecule has 1 rings (SSSR count). The van der Waals surface area contributed by atoms with Gasteiger partial charge in [-0.25, -0.2) is 4.79 Å². The Labute approximate surface area is 89.0 Å². The van der Waals surface area contributed by atoms with E-state index in [1.165, 1.54) is 6.07 Å². The monoisotopic (exact) mass is 234 g/mol. The topological polar surface area (TPSA) is 63.6 Å². The fourth-order valence-corrected chi connectivity index (χ4v) is 1.43. The lowest BCUT2D eigenvalue weighted by Crippen LogP contribution is -2.02. The second-order valence-electron chi connectivity index (χ2n) is 2.28. The molecule has 1 aromatic carbocycles. The first kappa shape index (κ1) is 10.8. The molecule has 4 nitrogen and oxygen atoms in total. The first-order valence-electron chi connectivity index (χ1n) is 3.39. The Balaban J connectivity index is 3.35. The lowest BCUT2D eigenvalue weighted by Gasteiger charge is -2.05.